The van der Waals surface area contributed by atoms with E-state index in [0.717, 1.165) is 34.7 Å². The minimum Gasteiger partial charge on any atom is -0.497 e. The Morgan fingerprint density at radius 2 is 1.37 bits per heavy atom. The maximum absolute atomic E-state index is 5.15. The lowest BCUT2D eigenvalue weighted by atomic mass is 10.0. The highest BCUT2D eigenvalue weighted by molar-refractivity contribution is 6.20. The van der Waals surface area contributed by atoms with Gasteiger partial charge in [-0.1, -0.05) is 30.3 Å². The first kappa shape index (κ1) is 11.7. The molecule has 0 aromatic heterocycles. The van der Waals surface area contributed by atoms with Gasteiger partial charge in [0.15, 0.2) is 0 Å². The van der Waals surface area contributed by atoms with Crippen LogP contribution in [0, 0.1) is 0 Å². The van der Waals surface area contributed by atoms with Gasteiger partial charge in [0.25, 0.3) is 0 Å². The average molecular weight is 250 g/mol. The van der Waals surface area contributed by atoms with E-state index in [1.54, 1.807) is 7.11 Å². The van der Waals surface area contributed by atoms with Crippen molar-refractivity contribution >= 4 is 11.4 Å². The fourth-order valence-corrected chi connectivity index (χ4v) is 2.08. The summed E-state index contributed by atoms with van der Waals surface area (Å²) in [6.45, 7) is 0. The van der Waals surface area contributed by atoms with E-state index in [4.69, 9.17) is 4.74 Å². The van der Waals surface area contributed by atoms with Crippen molar-refractivity contribution in [3.8, 4) is 5.75 Å². The molecular weight excluding hydrogens is 236 g/mol. The average Bonchev–Trinajstić information content (AvgIpc) is 2.98. The molecule has 0 radical (unpaired) electrons. The molecule has 3 rings (SSSR count). The summed E-state index contributed by atoms with van der Waals surface area (Å²) < 4.78 is 5.15. The highest BCUT2D eigenvalue weighted by Crippen LogP contribution is 2.18. The maximum atomic E-state index is 5.15. The van der Waals surface area contributed by atoms with Crippen LogP contribution in [0.3, 0.4) is 0 Å². The topological polar surface area (TPSA) is 34.0 Å². The van der Waals surface area contributed by atoms with Crippen molar-refractivity contribution in [1.29, 1.82) is 0 Å². The Labute approximate surface area is 112 Å². The minimum atomic E-state index is 0.774. The van der Waals surface area contributed by atoms with Crippen molar-refractivity contribution in [3.63, 3.8) is 0 Å². The molecule has 94 valence electrons. The molecule has 1 heterocycles. The van der Waals surface area contributed by atoms with Gasteiger partial charge in [-0.05, 0) is 35.4 Å². The van der Waals surface area contributed by atoms with E-state index in [1.165, 1.54) is 0 Å². The lowest BCUT2D eigenvalue weighted by Gasteiger charge is -2.03. The van der Waals surface area contributed by atoms with Gasteiger partial charge in [-0.15, -0.1) is 0 Å². The molecule has 0 aliphatic carbocycles. The second kappa shape index (κ2) is 5.06. The van der Waals surface area contributed by atoms with Gasteiger partial charge in [-0.25, -0.2) is 0 Å². The van der Waals surface area contributed by atoms with Crippen LogP contribution in [0.1, 0.15) is 17.5 Å². The van der Waals surface area contributed by atoms with Crippen LogP contribution in [0.4, 0.5) is 0 Å². The third kappa shape index (κ3) is 2.40. The number of rotatable bonds is 3. The van der Waals surface area contributed by atoms with Crippen molar-refractivity contribution in [1.82, 2.24) is 0 Å². The van der Waals surface area contributed by atoms with Crippen LogP contribution in [0.15, 0.2) is 64.8 Å². The molecule has 19 heavy (non-hydrogen) atoms. The monoisotopic (exact) mass is 250 g/mol. The van der Waals surface area contributed by atoms with E-state index in [1.807, 2.05) is 42.5 Å². The summed E-state index contributed by atoms with van der Waals surface area (Å²) in [6.07, 6.45) is 0.774. The van der Waals surface area contributed by atoms with Gasteiger partial charge in [-0.2, -0.15) is 10.2 Å². The van der Waals surface area contributed by atoms with E-state index >= 15 is 0 Å². The summed E-state index contributed by atoms with van der Waals surface area (Å²) in [5.74, 6) is 0.853. The summed E-state index contributed by atoms with van der Waals surface area (Å²) >= 11 is 0. The van der Waals surface area contributed by atoms with E-state index < -0.39 is 0 Å². The minimum absolute atomic E-state index is 0.774. The molecule has 0 amide bonds. The third-order valence-electron chi connectivity index (χ3n) is 3.16. The Bertz CT molecular complexity index is 628. The van der Waals surface area contributed by atoms with Crippen LogP contribution in [-0.2, 0) is 0 Å². The zero-order valence-corrected chi connectivity index (χ0v) is 10.7. The van der Waals surface area contributed by atoms with E-state index in [-0.39, 0.29) is 0 Å². The number of methoxy groups -OCH3 is 1. The SMILES string of the molecule is COc1ccc(C2=NN=C(c3ccccc3)C2)cc1. The van der Waals surface area contributed by atoms with Crippen molar-refractivity contribution in [3.05, 3.63) is 65.7 Å². The fraction of sp³-hybridized carbons (Fsp3) is 0.125. The second-order valence-corrected chi connectivity index (χ2v) is 4.36. The standard InChI is InChI=1S/C16H14N2O/c1-19-14-9-7-13(8-10-14)16-11-15(17-18-16)12-5-3-2-4-6-12/h2-10H,11H2,1H3. The molecule has 3 nitrogen and oxygen atoms in total. The lowest BCUT2D eigenvalue weighted by Crippen LogP contribution is -2.05. The van der Waals surface area contributed by atoms with Crippen molar-refractivity contribution in [2.45, 2.75) is 6.42 Å². The first-order chi connectivity index (χ1) is 9.36. The Kier molecular flexibility index (Phi) is 3.11. The van der Waals surface area contributed by atoms with Crippen LogP contribution in [0.5, 0.6) is 5.75 Å². The van der Waals surface area contributed by atoms with E-state index in [0.29, 0.717) is 0 Å². The van der Waals surface area contributed by atoms with Gasteiger partial charge in [0.05, 0.1) is 18.5 Å². The van der Waals surface area contributed by atoms with E-state index in [9.17, 15) is 0 Å². The molecule has 0 fully saturated rings. The van der Waals surface area contributed by atoms with Crippen LogP contribution in [0.2, 0.25) is 0 Å². The first-order valence-electron chi connectivity index (χ1n) is 6.20. The Balaban J connectivity index is 1.77. The molecule has 1 aliphatic heterocycles. The number of hydrogen-bond acceptors (Lipinski definition) is 3. The van der Waals surface area contributed by atoms with Crippen molar-refractivity contribution in [2.24, 2.45) is 10.2 Å². The molecule has 0 atom stereocenters. The number of hydrogen-bond donors (Lipinski definition) is 0. The quantitative estimate of drug-likeness (QED) is 0.823. The van der Waals surface area contributed by atoms with Gasteiger partial charge in [0.2, 0.25) is 0 Å². The molecule has 0 bridgehead atoms. The predicted octanol–water partition coefficient (Wildman–Crippen LogP) is 3.29. The van der Waals surface area contributed by atoms with Crippen LogP contribution in [0.25, 0.3) is 0 Å². The van der Waals surface area contributed by atoms with Gasteiger partial charge in [0.1, 0.15) is 5.75 Å². The van der Waals surface area contributed by atoms with Gasteiger partial charge >= 0.3 is 0 Å². The molecular formula is C16H14N2O. The van der Waals surface area contributed by atoms with Gasteiger partial charge in [0, 0.05) is 6.42 Å². The van der Waals surface area contributed by atoms with Gasteiger partial charge < -0.3 is 4.74 Å². The Morgan fingerprint density at radius 3 is 1.95 bits per heavy atom. The second-order valence-electron chi connectivity index (χ2n) is 4.36. The van der Waals surface area contributed by atoms with E-state index in [2.05, 4.69) is 22.3 Å². The lowest BCUT2D eigenvalue weighted by molar-refractivity contribution is 0.415. The maximum Gasteiger partial charge on any atom is 0.118 e. The zero-order valence-electron chi connectivity index (χ0n) is 10.7. The Morgan fingerprint density at radius 1 is 0.789 bits per heavy atom. The summed E-state index contributed by atoms with van der Waals surface area (Å²) in [7, 11) is 1.67. The highest BCUT2D eigenvalue weighted by atomic mass is 16.5. The molecule has 2 aromatic rings. The number of nitrogens with zero attached hydrogens (tertiary/aromatic N) is 2. The molecule has 0 unspecified atom stereocenters. The Hall–Kier alpha value is -2.42. The van der Waals surface area contributed by atoms with Crippen molar-refractivity contribution < 1.29 is 4.74 Å². The smallest absolute Gasteiger partial charge is 0.118 e. The molecule has 0 saturated carbocycles. The summed E-state index contributed by atoms with van der Waals surface area (Å²) in [5.41, 5.74) is 4.25. The summed E-state index contributed by atoms with van der Waals surface area (Å²) in [4.78, 5) is 0. The molecule has 2 aromatic carbocycles. The van der Waals surface area contributed by atoms with Crippen LogP contribution < -0.4 is 4.74 Å². The molecule has 0 N–H and O–H groups in total. The first-order valence-corrected chi connectivity index (χ1v) is 6.20. The highest BCUT2D eigenvalue weighted by Gasteiger charge is 2.15. The molecule has 1 aliphatic rings. The third-order valence-corrected chi connectivity index (χ3v) is 3.16. The zero-order chi connectivity index (χ0) is 13.1. The normalized spacial score (nSPS) is 13.9. The van der Waals surface area contributed by atoms with Crippen molar-refractivity contribution in [2.75, 3.05) is 7.11 Å². The molecule has 0 saturated heterocycles. The number of ether oxygens (including phenoxy) is 1. The number of benzene rings is 2. The summed E-state index contributed by atoms with van der Waals surface area (Å²) in [6, 6.07) is 18.1. The largest absolute Gasteiger partial charge is 0.497 e. The van der Waals surface area contributed by atoms with Crippen LogP contribution in [-0.4, -0.2) is 18.5 Å². The fourth-order valence-electron chi connectivity index (χ4n) is 2.08. The molecule has 0 spiro atoms. The molecule has 3 heteroatoms. The van der Waals surface area contributed by atoms with Gasteiger partial charge in [-0.3, -0.25) is 0 Å². The van der Waals surface area contributed by atoms with Crippen LogP contribution >= 0.6 is 0 Å². The predicted molar refractivity (Wildman–Crippen MR) is 77.1 cm³/mol. The summed E-state index contributed by atoms with van der Waals surface area (Å²) in [5, 5.41) is 8.56.